The lowest BCUT2D eigenvalue weighted by Crippen LogP contribution is -2.03. The second-order valence-electron chi connectivity index (χ2n) is 4.64. The topological polar surface area (TPSA) is 34.1 Å². The summed E-state index contributed by atoms with van der Waals surface area (Å²) in [5, 5.41) is 3.57. The molecule has 0 spiro atoms. The van der Waals surface area contributed by atoms with Crippen LogP contribution in [0.3, 0.4) is 0 Å². The average molecular weight is 309 g/mol. The number of halogens is 2. The Balaban J connectivity index is 0.000000272. The first-order valence-corrected chi connectivity index (χ1v) is 7.32. The molecule has 1 N–H and O–H groups in total. The lowest BCUT2D eigenvalue weighted by molar-refractivity contribution is 0.286. The molecule has 1 fully saturated rings. The Kier molecular flexibility index (Phi) is 6.44. The molecule has 2 aromatic rings. The standard InChI is InChI=1S/C12H9ClFNO.C4H9N/c13-9-4-5-12(11(14)7-9)16-8-10-3-1-2-6-15-10;1-2-4-5-3-1/h1-7H,8H2;5H,1-4H2. The molecule has 1 aliphatic heterocycles. The fraction of sp³-hybridized carbons (Fsp3) is 0.312. The molecule has 0 radical (unpaired) electrons. The summed E-state index contributed by atoms with van der Waals surface area (Å²) in [4.78, 5) is 4.07. The van der Waals surface area contributed by atoms with Crippen LogP contribution in [0.25, 0.3) is 0 Å². The minimum atomic E-state index is -0.469. The summed E-state index contributed by atoms with van der Waals surface area (Å²) in [5.41, 5.74) is 0.747. The highest BCUT2D eigenvalue weighted by Gasteiger charge is 2.04. The summed E-state index contributed by atoms with van der Waals surface area (Å²) in [6.45, 7) is 2.74. The zero-order chi connectivity index (χ0) is 14.9. The Hall–Kier alpha value is -1.65. The smallest absolute Gasteiger partial charge is 0.166 e. The van der Waals surface area contributed by atoms with Gasteiger partial charge in [-0.1, -0.05) is 17.7 Å². The van der Waals surface area contributed by atoms with Crippen LogP contribution >= 0.6 is 11.6 Å². The van der Waals surface area contributed by atoms with Crippen molar-refractivity contribution in [2.45, 2.75) is 19.4 Å². The first-order chi connectivity index (χ1) is 10.3. The molecule has 0 atom stereocenters. The Labute approximate surface area is 129 Å². The van der Waals surface area contributed by atoms with Gasteiger partial charge >= 0.3 is 0 Å². The molecule has 0 saturated carbocycles. The second-order valence-corrected chi connectivity index (χ2v) is 5.08. The largest absolute Gasteiger partial charge is 0.484 e. The first-order valence-electron chi connectivity index (χ1n) is 6.94. The van der Waals surface area contributed by atoms with Crippen molar-refractivity contribution in [1.82, 2.24) is 10.3 Å². The van der Waals surface area contributed by atoms with E-state index in [4.69, 9.17) is 16.3 Å². The summed E-state index contributed by atoms with van der Waals surface area (Å²) < 4.78 is 18.6. The van der Waals surface area contributed by atoms with Crippen LogP contribution in [0, 0.1) is 5.82 Å². The van der Waals surface area contributed by atoms with E-state index in [1.165, 1.54) is 38.1 Å². The maximum Gasteiger partial charge on any atom is 0.166 e. The van der Waals surface area contributed by atoms with E-state index in [9.17, 15) is 4.39 Å². The van der Waals surface area contributed by atoms with Gasteiger partial charge in [0.1, 0.15) is 6.61 Å². The summed E-state index contributed by atoms with van der Waals surface area (Å²) in [6.07, 6.45) is 4.44. The monoisotopic (exact) mass is 308 g/mol. The van der Waals surface area contributed by atoms with Crippen molar-refractivity contribution in [3.05, 3.63) is 59.1 Å². The van der Waals surface area contributed by atoms with Crippen molar-refractivity contribution in [3.63, 3.8) is 0 Å². The van der Waals surface area contributed by atoms with Gasteiger partial charge in [-0.25, -0.2) is 4.39 Å². The highest BCUT2D eigenvalue weighted by Crippen LogP contribution is 2.21. The Morgan fingerprint density at radius 3 is 2.57 bits per heavy atom. The second kappa shape index (κ2) is 8.60. The molecule has 2 heterocycles. The number of pyridine rings is 1. The van der Waals surface area contributed by atoms with Crippen molar-refractivity contribution in [3.8, 4) is 5.75 Å². The third kappa shape index (κ3) is 5.69. The van der Waals surface area contributed by atoms with Crippen LogP contribution in [0.15, 0.2) is 42.6 Å². The van der Waals surface area contributed by atoms with E-state index >= 15 is 0 Å². The minimum absolute atomic E-state index is 0.176. The third-order valence-corrected chi connectivity index (χ3v) is 3.19. The Morgan fingerprint density at radius 1 is 1.19 bits per heavy atom. The maximum absolute atomic E-state index is 13.3. The van der Waals surface area contributed by atoms with Gasteiger partial charge < -0.3 is 10.1 Å². The fourth-order valence-corrected chi connectivity index (χ4v) is 2.01. The van der Waals surface area contributed by atoms with Gasteiger partial charge in [0.15, 0.2) is 11.6 Å². The van der Waals surface area contributed by atoms with Crippen LogP contribution in [0.2, 0.25) is 5.02 Å². The summed E-state index contributed by atoms with van der Waals surface area (Å²) >= 11 is 5.63. The van der Waals surface area contributed by atoms with Crippen molar-refractivity contribution >= 4 is 11.6 Å². The fourth-order valence-electron chi connectivity index (χ4n) is 1.85. The molecule has 1 saturated heterocycles. The van der Waals surface area contributed by atoms with E-state index in [1.54, 1.807) is 12.3 Å². The summed E-state index contributed by atoms with van der Waals surface area (Å²) in [5.74, 6) is -0.293. The van der Waals surface area contributed by atoms with E-state index in [2.05, 4.69) is 10.3 Å². The quantitative estimate of drug-likeness (QED) is 0.936. The molecule has 1 aromatic heterocycles. The van der Waals surface area contributed by atoms with E-state index in [0.29, 0.717) is 5.02 Å². The van der Waals surface area contributed by atoms with E-state index in [-0.39, 0.29) is 12.4 Å². The van der Waals surface area contributed by atoms with Crippen LogP contribution in [-0.4, -0.2) is 18.1 Å². The maximum atomic E-state index is 13.3. The lowest BCUT2D eigenvalue weighted by Gasteiger charge is -2.06. The number of benzene rings is 1. The highest BCUT2D eigenvalue weighted by molar-refractivity contribution is 6.30. The zero-order valence-electron chi connectivity index (χ0n) is 11.7. The first kappa shape index (κ1) is 15.7. The van der Waals surface area contributed by atoms with Crippen LogP contribution < -0.4 is 10.1 Å². The van der Waals surface area contributed by atoms with Gasteiger partial charge in [0.2, 0.25) is 0 Å². The van der Waals surface area contributed by atoms with Gasteiger partial charge in [0, 0.05) is 11.2 Å². The third-order valence-electron chi connectivity index (χ3n) is 2.95. The van der Waals surface area contributed by atoms with Gasteiger partial charge in [-0.2, -0.15) is 0 Å². The molecule has 3 nitrogen and oxygen atoms in total. The zero-order valence-corrected chi connectivity index (χ0v) is 12.4. The van der Waals surface area contributed by atoms with Crippen LogP contribution in [0.1, 0.15) is 18.5 Å². The van der Waals surface area contributed by atoms with Gasteiger partial charge in [-0.3, -0.25) is 4.98 Å². The van der Waals surface area contributed by atoms with Crippen molar-refractivity contribution < 1.29 is 9.13 Å². The number of hydrogen-bond acceptors (Lipinski definition) is 3. The van der Waals surface area contributed by atoms with E-state index < -0.39 is 5.82 Å². The average Bonchev–Trinajstić information content (AvgIpc) is 3.07. The van der Waals surface area contributed by atoms with E-state index in [0.717, 1.165) is 5.69 Å². The number of nitrogens with zero attached hydrogens (tertiary/aromatic N) is 1. The predicted octanol–water partition coefficient (Wildman–Crippen LogP) is 3.82. The molecule has 0 aliphatic carbocycles. The number of rotatable bonds is 3. The van der Waals surface area contributed by atoms with Crippen LogP contribution in [0.4, 0.5) is 4.39 Å². The number of nitrogens with one attached hydrogen (secondary N) is 1. The Bertz CT molecular complexity index is 540. The van der Waals surface area contributed by atoms with Crippen molar-refractivity contribution in [2.75, 3.05) is 13.1 Å². The SMILES string of the molecule is C1CCNC1.Fc1cc(Cl)ccc1OCc1ccccn1. The van der Waals surface area contributed by atoms with Crippen molar-refractivity contribution in [1.29, 1.82) is 0 Å². The van der Waals surface area contributed by atoms with Crippen molar-refractivity contribution in [2.24, 2.45) is 0 Å². The molecule has 21 heavy (non-hydrogen) atoms. The number of ether oxygens (including phenoxy) is 1. The Morgan fingerprint density at radius 2 is 2.00 bits per heavy atom. The predicted molar refractivity (Wildman–Crippen MR) is 82.1 cm³/mol. The highest BCUT2D eigenvalue weighted by atomic mass is 35.5. The van der Waals surface area contributed by atoms with Gasteiger partial charge in [0.25, 0.3) is 0 Å². The van der Waals surface area contributed by atoms with Crippen LogP contribution in [-0.2, 0) is 6.61 Å². The normalized spacial score (nSPS) is 13.4. The van der Waals surface area contributed by atoms with Crippen LogP contribution in [0.5, 0.6) is 5.75 Å². The lowest BCUT2D eigenvalue weighted by atomic mass is 10.3. The summed E-state index contributed by atoms with van der Waals surface area (Å²) in [6, 6.07) is 9.78. The van der Waals surface area contributed by atoms with E-state index in [1.807, 2.05) is 18.2 Å². The van der Waals surface area contributed by atoms with Gasteiger partial charge in [0.05, 0.1) is 5.69 Å². The number of aromatic nitrogens is 1. The molecule has 1 aliphatic rings. The molecule has 5 heteroatoms. The summed E-state index contributed by atoms with van der Waals surface area (Å²) in [7, 11) is 0. The molecule has 0 amide bonds. The molecule has 3 rings (SSSR count). The molecular formula is C16H18ClFN2O. The molecule has 112 valence electrons. The molecule has 1 aromatic carbocycles. The van der Waals surface area contributed by atoms with Gasteiger partial charge in [-0.05, 0) is 56.3 Å². The molecular weight excluding hydrogens is 291 g/mol. The number of hydrogen-bond donors (Lipinski definition) is 1. The van der Waals surface area contributed by atoms with Gasteiger partial charge in [-0.15, -0.1) is 0 Å². The minimum Gasteiger partial charge on any atom is -0.484 e. The molecule has 0 unspecified atom stereocenters. The molecule has 0 bridgehead atoms.